The lowest BCUT2D eigenvalue weighted by Crippen LogP contribution is -2.12. The number of methoxy groups -OCH3 is 1. The summed E-state index contributed by atoms with van der Waals surface area (Å²) in [5.41, 5.74) is 0. The fourth-order valence-corrected chi connectivity index (χ4v) is 1.96. The highest BCUT2D eigenvalue weighted by atomic mass is 16.5. The van der Waals surface area contributed by atoms with E-state index in [1.165, 1.54) is 25.7 Å². The molecule has 1 aromatic heterocycles. The van der Waals surface area contributed by atoms with Crippen molar-refractivity contribution >= 4 is 5.95 Å². The number of nitrogens with zero attached hydrogens (tertiary/aromatic N) is 2. The number of anilines is 1. The normalized spacial score (nSPS) is 16.6. The second-order valence-electron chi connectivity index (χ2n) is 3.98. The summed E-state index contributed by atoms with van der Waals surface area (Å²) in [4.78, 5) is 8.33. The molecular formula is C11H17N3O. The number of hydrogen-bond donors (Lipinski definition) is 1. The van der Waals surface area contributed by atoms with Gasteiger partial charge in [-0.25, -0.2) is 9.97 Å². The van der Waals surface area contributed by atoms with Crippen molar-refractivity contribution in [2.24, 2.45) is 5.92 Å². The van der Waals surface area contributed by atoms with E-state index in [9.17, 15) is 0 Å². The first kappa shape index (κ1) is 10.2. The predicted octanol–water partition coefficient (Wildman–Crippen LogP) is 2.09. The van der Waals surface area contributed by atoms with Gasteiger partial charge in [-0.2, -0.15) is 0 Å². The van der Waals surface area contributed by atoms with Gasteiger partial charge in [-0.3, -0.25) is 0 Å². The van der Waals surface area contributed by atoms with Crippen LogP contribution in [0.3, 0.4) is 0 Å². The Bertz CT molecular complexity index is 293. The van der Waals surface area contributed by atoms with Crippen molar-refractivity contribution in [2.45, 2.75) is 25.7 Å². The zero-order valence-electron chi connectivity index (χ0n) is 9.07. The topological polar surface area (TPSA) is 47.0 Å². The van der Waals surface area contributed by atoms with Crippen molar-refractivity contribution in [3.63, 3.8) is 0 Å². The van der Waals surface area contributed by atoms with E-state index in [1.54, 1.807) is 19.5 Å². The highest BCUT2D eigenvalue weighted by Crippen LogP contribution is 2.24. The van der Waals surface area contributed by atoms with Crippen LogP contribution < -0.4 is 10.1 Å². The fourth-order valence-electron chi connectivity index (χ4n) is 1.96. The molecule has 0 unspecified atom stereocenters. The Kier molecular flexibility index (Phi) is 3.37. The molecule has 0 aromatic carbocycles. The molecule has 1 saturated carbocycles. The Balaban J connectivity index is 1.82. The van der Waals surface area contributed by atoms with E-state index in [0.29, 0.717) is 11.7 Å². The fraction of sp³-hybridized carbons (Fsp3) is 0.636. The van der Waals surface area contributed by atoms with Crippen molar-refractivity contribution in [3.8, 4) is 5.75 Å². The minimum Gasteiger partial charge on any atom is -0.494 e. The Morgan fingerprint density at radius 1 is 1.33 bits per heavy atom. The molecule has 1 aliphatic rings. The number of hydrogen-bond acceptors (Lipinski definition) is 4. The van der Waals surface area contributed by atoms with Crippen LogP contribution in [0, 0.1) is 5.92 Å². The van der Waals surface area contributed by atoms with E-state index in [0.717, 1.165) is 12.5 Å². The molecule has 0 saturated heterocycles. The first-order chi connectivity index (χ1) is 7.38. The van der Waals surface area contributed by atoms with Crippen LogP contribution in [0.1, 0.15) is 25.7 Å². The molecular weight excluding hydrogens is 190 g/mol. The van der Waals surface area contributed by atoms with Crippen molar-refractivity contribution in [3.05, 3.63) is 12.4 Å². The van der Waals surface area contributed by atoms with E-state index < -0.39 is 0 Å². The molecule has 2 rings (SSSR count). The average molecular weight is 207 g/mol. The van der Waals surface area contributed by atoms with Gasteiger partial charge in [0.1, 0.15) is 0 Å². The molecule has 0 aliphatic heterocycles. The molecule has 0 bridgehead atoms. The highest BCUT2D eigenvalue weighted by molar-refractivity contribution is 5.26. The van der Waals surface area contributed by atoms with Gasteiger partial charge in [-0.15, -0.1) is 0 Å². The van der Waals surface area contributed by atoms with Crippen LogP contribution in [0.2, 0.25) is 0 Å². The van der Waals surface area contributed by atoms with E-state index in [1.807, 2.05) is 0 Å². The van der Waals surface area contributed by atoms with Crippen LogP contribution in [0.5, 0.6) is 5.75 Å². The molecule has 1 N–H and O–H groups in total. The van der Waals surface area contributed by atoms with Crippen molar-refractivity contribution in [2.75, 3.05) is 19.0 Å². The van der Waals surface area contributed by atoms with E-state index in [4.69, 9.17) is 4.74 Å². The maximum absolute atomic E-state index is 4.99. The molecule has 1 aliphatic carbocycles. The summed E-state index contributed by atoms with van der Waals surface area (Å²) < 4.78 is 4.99. The van der Waals surface area contributed by atoms with Gasteiger partial charge in [0.05, 0.1) is 19.5 Å². The quantitative estimate of drug-likeness (QED) is 0.821. The highest BCUT2D eigenvalue weighted by Gasteiger charge is 2.14. The van der Waals surface area contributed by atoms with Crippen molar-refractivity contribution in [1.29, 1.82) is 0 Å². The molecule has 4 nitrogen and oxygen atoms in total. The van der Waals surface area contributed by atoms with Crippen LogP contribution in [0.15, 0.2) is 12.4 Å². The summed E-state index contributed by atoms with van der Waals surface area (Å²) in [7, 11) is 1.62. The number of rotatable bonds is 4. The molecule has 4 heteroatoms. The number of ether oxygens (including phenoxy) is 1. The molecule has 82 valence electrons. The van der Waals surface area contributed by atoms with Gasteiger partial charge >= 0.3 is 0 Å². The predicted molar refractivity (Wildman–Crippen MR) is 59.0 cm³/mol. The van der Waals surface area contributed by atoms with Gasteiger partial charge in [-0.05, 0) is 18.8 Å². The third kappa shape index (κ3) is 2.81. The minimum absolute atomic E-state index is 0.696. The Labute approximate surface area is 90.1 Å². The van der Waals surface area contributed by atoms with Gasteiger partial charge in [-0.1, -0.05) is 12.8 Å². The molecule has 0 amide bonds. The zero-order valence-corrected chi connectivity index (χ0v) is 9.07. The van der Waals surface area contributed by atoms with Crippen molar-refractivity contribution in [1.82, 2.24) is 9.97 Å². The third-order valence-electron chi connectivity index (χ3n) is 2.89. The van der Waals surface area contributed by atoms with E-state index in [-0.39, 0.29) is 0 Å². The lowest BCUT2D eigenvalue weighted by molar-refractivity contribution is 0.411. The third-order valence-corrected chi connectivity index (χ3v) is 2.89. The van der Waals surface area contributed by atoms with Crippen molar-refractivity contribution < 1.29 is 4.74 Å². The van der Waals surface area contributed by atoms with Crippen LogP contribution in [0.4, 0.5) is 5.95 Å². The SMILES string of the molecule is COc1cnc(NCC2CCCC2)nc1. The summed E-state index contributed by atoms with van der Waals surface area (Å²) >= 11 is 0. The minimum atomic E-state index is 0.696. The number of aromatic nitrogens is 2. The van der Waals surface area contributed by atoms with E-state index in [2.05, 4.69) is 15.3 Å². The van der Waals surface area contributed by atoms with Gasteiger partial charge in [0, 0.05) is 6.54 Å². The Morgan fingerprint density at radius 3 is 2.60 bits per heavy atom. The molecule has 15 heavy (non-hydrogen) atoms. The molecule has 1 heterocycles. The molecule has 1 aromatic rings. The molecule has 0 radical (unpaired) electrons. The average Bonchev–Trinajstić information content (AvgIpc) is 2.80. The Morgan fingerprint density at radius 2 is 2.00 bits per heavy atom. The first-order valence-electron chi connectivity index (χ1n) is 5.48. The maximum Gasteiger partial charge on any atom is 0.222 e. The molecule has 0 spiro atoms. The van der Waals surface area contributed by atoms with Crippen LogP contribution in [-0.4, -0.2) is 23.6 Å². The summed E-state index contributed by atoms with van der Waals surface area (Å²) in [6.45, 7) is 0.992. The molecule has 0 atom stereocenters. The smallest absolute Gasteiger partial charge is 0.222 e. The second kappa shape index (κ2) is 4.96. The monoisotopic (exact) mass is 207 g/mol. The van der Waals surface area contributed by atoms with Gasteiger partial charge in [0.25, 0.3) is 0 Å². The zero-order chi connectivity index (χ0) is 10.5. The van der Waals surface area contributed by atoms with Crippen LogP contribution >= 0.6 is 0 Å². The summed E-state index contributed by atoms with van der Waals surface area (Å²) in [5.74, 6) is 2.19. The summed E-state index contributed by atoms with van der Waals surface area (Å²) in [5, 5.41) is 3.26. The maximum atomic E-state index is 4.99. The van der Waals surface area contributed by atoms with Gasteiger partial charge < -0.3 is 10.1 Å². The van der Waals surface area contributed by atoms with Crippen LogP contribution in [-0.2, 0) is 0 Å². The van der Waals surface area contributed by atoms with Gasteiger partial charge in [0.15, 0.2) is 5.75 Å². The number of nitrogens with one attached hydrogen (secondary N) is 1. The summed E-state index contributed by atoms with van der Waals surface area (Å²) in [6.07, 6.45) is 8.78. The van der Waals surface area contributed by atoms with E-state index >= 15 is 0 Å². The first-order valence-corrected chi connectivity index (χ1v) is 5.48. The lowest BCUT2D eigenvalue weighted by atomic mass is 10.1. The standard InChI is InChI=1S/C11H17N3O/c1-15-10-7-13-11(14-8-10)12-6-9-4-2-3-5-9/h7-9H,2-6H2,1H3,(H,12,13,14). The second-order valence-corrected chi connectivity index (χ2v) is 3.98. The van der Waals surface area contributed by atoms with Gasteiger partial charge in [0.2, 0.25) is 5.95 Å². The Hall–Kier alpha value is -1.32. The lowest BCUT2D eigenvalue weighted by Gasteiger charge is -2.10. The van der Waals surface area contributed by atoms with Crippen LogP contribution in [0.25, 0.3) is 0 Å². The molecule has 1 fully saturated rings. The summed E-state index contributed by atoms with van der Waals surface area (Å²) in [6, 6.07) is 0. The largest absolute Gasteiger partial charge is 0.494 e.